The SMILES string of the molecule is CS(=O)(=O)c1ccc2ncn(-c3ccc(NC(=O)NS(=O)(=O)c4ccc(Cl)s4)cc3F)c(=O)c2c1. The van der Waals surface area contributed by atoms with Crippen LogP contribution in [0.15, 0.2) is 68.8 Å². The summed E-state index contributed by atoms with van der Waals surface area (Å²) in [5, 5.41) is 2.16. The maximum atomic E-state index is 14.9. The molecule has 35 heavy (non-hydrogen) atoms. The van der Waals surface area contributed by atoms with Gasteiger partial charge in [0.2, 0.25) is 0 Å². The van der Waals surface area contributed by atoms with Crippen LogP contribution < -0.4 is 15.6 Å². The molecule has 0 bridgehead atoms. The lowest BCUT2D eigenvalue weighted by Crippen LogP contribution is -2.34. The minimum absolute atomic E-state index is 0.0321. The van der Waals surface area contributed by atoms with Gasteiger partial charge in [0, 0.05) is 11.9 Å². The molecule has 0 aliphatic rings. The summed E-state index contributed by atoms with van der Waals surface area (Å²) in [7, 11) is -7.77. The fourth-order valence-electron chi connectivity index (χ4n) is 3.05. The maximum Gasteiger partial charge on any atom is 0.333 e. The molecule has 0 spiro atoms. The number of sulfone groups is 1. The van der Waals surface area contributed by atoms with E-state index in [1.165, 1.54) is 36.4 Å². The number of nitrogens with zero attached hydrogens (tertiary/aromatic N) is 2. The highest BCUT2D eigenvalue weighted by atomic mass is 35.5. The van der Waals surface area contributed by atoms with Crippen LogP contribution in [-0.2, 0) is 19.9 Å². The number of hydrogen-bond donors (Lipinski definition) is 2. The van der Waals surface area contributed by atoms with Crippen molar-refractivity contribution >= 4 is 65.4 Å². The van der Waals surface area contributed by atoms with E-state index in [2.05, 4.69) is 10.3 Å². The van der Waals surface area contributed by atoms with E-state index in [9.17, 15) is 30.8 Å². The molecule has 0 radical (unpaired) electrons. The Balaban J connectivity index is 1.61. The molecule has 0 saturated heterocycles. The summed E-state index contributed by atoms with van der Waals surface area (Å²) < 4.78 is 65.6. The van der Waals surface area contributed by atoms with Crippen molar-refractivity contribution in [1.29, 1.82) is 0 Å². The van der Waals surface area contributed by atoms with Crippen LogP contribution in [0.25, 0.3) is 16.6 Å². The molecular weight excluding hydrogens is 543 g/mol. The predicted molar refractivity (Wildman–Crippen MR) is 129 cm³/mol. The van der Waals surface area contributed by atoms with Crippen molar-refractivity contribution in [2.24, 2.45) is 0 Å². The average molecular weight is 557 g/mol. The number of aromatic nitrogens is 2. The number of benzene rings is 2. The van der Waals surface area contributed by atoms with Gasteiger partial charge in [-0.25, -0.2) is 35.7 Å². The van der Waals surface area contributed by atoms with Crippen LogP contribution in [0.2, 0.25) is 4.34 Å². The van der Waals surface area contributed by atoms with Gasteiger partial charge >= 0.3 is 6.03 Å². The molecule has 0 saturated carbocycles. The Morgan fingerprint density at radius 3 is 2.46 bits per heavy atom. The average Bonchev–Trinajstić information content (AvgIpc) is 3.21. The summed E-state index contributed by atoms with van der Waals surface area (Å²) in [6.07, 6.45) is 2.08. The highest BCUT2D eigenvalue weighted by Crippen LogP contribution is 2.25. The maximum absolute atomic E-state index is 14.9. The number of amides is 2. The molecular formula is C20H14ClFN4O6S3. The molecule has 2 heterocycles. The van der Waals surface area contributed by atoms with Crippen molar-refractivity contribution in [1.82, 2.24) is 14.3 Å². The normalized spacial score (nSPS) is 12.0. The number of rotatable bonds is 5. The molecule has 0 aliphatic carbocycles. The van der Waals surface area contributed by atoms with Crippen LogP contribution in [-0.4, -0.2) is 38.7 Å². The summed E-state index contributed by atoms with van der Waals surface area (Å²) in [6.45, 7) is 0. The monoisotopic (exact) mass is 556 g/mol. The summed E-state index contributed by atoms with van der Waals surface area (Å²) in [5.41, 5.74) is -0.800. The topological polar surface area (TPSA) is 144 Å². The number of thiophene rings is 1. The van der Waals surface area contributed by atoms with Crippen LogP contribution in [0, 0.1) is 5.82 Å². The van der Waals surface area contributed by atoms with Gasteiger partial charge in [0.05, 0.1) is 25.8 Å². The molecule has 0 fully saturated rings. The van der Waals surface area contributed by atoms with Gasteiger partial charge in [-0.1, -0.05) is 11.6 Å². The number of anilines is 1. The van der Waals surface area contributed by atoms with E-state index in [1.807, 2.05) is 0 Å². The highest BCUT2D eigenvalue weighted by molar-refractivity contribution is 7.92. The van der Waals surface area contributed by atoms with Crippen molar-refractivity contribution in [3.63, 3.8) is 0 Å². The number of halogens is 2. The van der Waals surface area contributed by atoms with E-state index < -0.39 is 37.3 Å². The van der Waals surface area contributed by atoms with Crippen molar-refractivity contribution < 1.29 is 26.0 Å². The summed E-state index contributed by atoms with van der Waals surface area (Å²) in [5.74, 6) is -0.932. The van der Waals surface area contributed by atoms with Gasteiger partial charge in [0.15, 0.2) is 9.84 Å². The third kappa shape index (κ3) is 5.19. The first-order valence-electron chi connectivity index (χ1n) is 9.46. The summed E-state index contributed by atoms with van der Waals surface area (Å²) in [4.78, 5) is 29.0. The van der Waals surface area contributed by atoms with Gasteiger partial charge in [-0.05, 0) is 48.5 Å². The molecule has 10 nitrogen and oxygen atoms in total. The van der Waals surface area contributed by atoms with Gasteiger partial charge in [-0.3, -0.25) is 9.36 Å². The van der Waals surface area contributed by atoms with E-state index in [4.69, 9.17) is 11.6 Å². The van der Waals surface area contributed by atoms with Gasteiger partial charge in [0.25, 0.3) is 15.6 Å². The molecule has 2 amide bonds. The molecule has 0 atom stereocenters. The number of fused-ring (bicyclic) bond motifs is 1. The lowest BCUT2D eigenvalue weighted by atomic mass is 10.2. The quantitative estimate of drug-likeness (QED) is 0.384. The second-order valence-corrected chi connectivity index (χ2v) is 12.8. The van der Waals surface area contributed by atoms with Crippen LogP contribution >= 0.6 is 22.9 Å². The van der Waals surface area contributed by atoms with Crippen molar-refractivity contribution in [3.05, 3.63) is 75.4 Å². The number of carbonyl (C=O) groups is 1. The number of nitrogens with one attached hydrogen (secondary N) is 2. The first kappa shape index (κ1) is 24.8. The van der Waals surface area contributed by atoms with Crippen LogP contribution in [0.5, 0.6) is 0 Å². The Morgan fingerprint density at radius 1 is 1.09 bits per heavy atom. The molecule has 0 aliphatic heterocycles. The number of hydrogen-bond acceptors (Lipinski definition) is 8. The molecule has 182 valence electrons. The molecule has 15 heteroatoms. The van der Waals surface area contributed by atoms with E-state index in [1.54, 1.807) is 4.72 Å². The Hall–Kier alpha value is -3.33. The van der Waals surface area contributed by atoms with Crippen molar-refractivity contribution in [2.75, 3.05) is 11.6 Å². The third-order valence-electron chi connectivity index (χ3n) is 4.66. The minimum atomic E-state index is -4.18. The zero-order chi connectivity index (χ0) is 25.5. The first-order chi connectivity index (χ1) is 16.3. The number of carbonyl (C=O) groups excluding carboxylic acids is 1. The summed E-state index contributed by atoms with van der Waals surface area (Å²) >= 11 is 6.47. The molecule has 0 unspecified atom stereocenters. The third-order valence-corrected chi connectivity index (χ3v) is 8.83. The van der Waals surface area contributed by atoms with Gasteiger partial charge in [-0.2, -0.15) is 0 Å². The second kappa shape index (κ2) is 9.03. The Bertz CT molecular complexity index is 1770. The van der Waals surface area contributed by atoms with Crippen molar-refractivity contribution in [3.8, 4) is 5.69 Å². The molecule has 4 rings (SSSR count). The van der Waals surface area contributed by atoms with E-state index in [0.29, 0.717) is 0 Å². The standard InChI is InChI=1S/C20H14ClFN4O6S3/c1-34(29,30)12-3-4-15-13(9-12)19(27)26(10-23-15)16-5-2-11(8-14(16)22)24-20(28)25-35(31,32)18-7-6-17(21)33-18/h2-10H,1H3,(H2,24,25,28). The fourth-order valence-corrected chi connectivity index (χ4v) is 6.09. The lowest BCUT2D eigenvalue weighted by molar-refractivity contribution is 0.256. The largest absolute Gasteiger partial charge is 0.333 e. The first-order valence-corrected chi connectivity index (χ1v) is 14.0. The zero-order valence-corrected chi connectivity index (χ0v) is 20.7. The minimum Gasteiger partial charge on any atom is -0.307 e. The number of urea groups is 1. The molecule has 2 aromatic heterocycles. The smallest absolute Gasteiger partial charge is 0.307 e. The van der Waals surface area contributed by atoms with Crippen LogP contribution in [0.1, 0.15) is 0 Å². The van der Waals surface area contributed by atoms with Crippen molar-refractivity contribution in [2.45, 2.75) is 9.10 Å². The van der Waals surface area contributed by atoms with Crippen LogP contribution in [0.3, 0.4) is 0 Å². The molecule has 2 aromatic carbocycles. The van der Waals surface area contributed by atoms with E-state index in [-0.39, 0.29) is 35.7 Å². The van der Waals surface area contributed by atoms with Gasteiger partial charge in [0.1, 0.15) is 16.4 Å². The Morgan fingerprint density at radius 2 is 1.83 bits per heavy atom. The molecule has 4 aromatic rings. The Kier molecular flexibility index (Phi) is 6.40. The predicted octanol–water partition coefficient (Wildman–Crippen LogP) is 3.15. The number of sulfonamides is 1. The van der Waals surface area contributed by atoms with E-state index >= 15 is 0 Å². The van der Waals surface area contributed by atoms with Gasteiger partial charge in [-0.15, -0.1) is 11.3 Å². The lowest BCUT2D eigenvalue weighted by Gasteiger charge is -2.11. The highest BCUT2D eigenvalue weighted by Gasteiger charge is 2.20. The molecule has 2 N–H and O–H groups in total. The Labute approximate surface area is 207 Å². The summed E-state index contributed by atoms with van der Waals surface area (Å²) in [6, 6.07) is 8.60. The van der Waals surface area contributed by atoms with Crippen LogP contribution in [0.4, 0.5) is 14.9 Å². The van der Waals surface area contributed by atoms with Gasteiger partial charge < -0.3 is 5.32 Å². The second-order valence-electron chi connectivity index (χ2n) is 7.16. The van der Waals surface area contributed by atoms with E-state index in [0.717, 1.165) is 40.6 Å². The fraction of sp³-hybridized carbons (Fsp3) is 0.0500. The zero-order valence-electron chi connectivity index (χ0n) is 17.5.